The van der Waals surface area contributed by atoms with Gasteiger partial charge in [-0.3, -0.25) is 9.59 Å². The van der Waals surface area contributed by atoms with E-state index in [-0.39, 0.29) is 17.7 Å². The molecule has 0 aliphatic carbocycles. The van der Waals surface area contributed by atoms with E-state index in [0.29, 0.717) is 18.8 Å². The Morgan fingerprint density at radius 1 is 1.64 bits per heavy atom. The lowest BCUT2D eigenvalue weighted by molar-refractivity contribution is -0.136. The van der Waals surface area contributed by atoms with Crippen LogP contribution in [-0.2, 0) is 9.59 Å². The van der Waals surface area contributed by atoms with Gasteiger partial charge >= 0.3 is 0 Å². The summed E-state index contributed by atoms with van der Waals surface area (Å²) in [5.41, 5.74) is 0.507. The highest BCUT2D eigenvalue weighted by Gasteiger charge is 2.42. The molecule has 1 fully saturated rings. The van der Waals surface area contributed by atoms with Crippen LogP contribution in [0, 0.1) is 0 Å². The van der Waals surface area contributed by atoms with Crippen molar-refractivity contribution in [2.24, 2.45) is 0 Å². The highest BCUT2D eigenvalue weighted by Crippen LogP contribution is 2.24. The predicted octanol–water partition coefficient (Wildman–Crippen LogP) is -0.880. The summed E-state index contributed by atoms with van der Waals surface area (Å²) in [7, 11) is 1.75. The van der Waals surface area contributed by atoms with E-state index in [0.717, 1.165) is 0 Å². The molecule has 5 nitrogen and oxygen atoms in total. The number of nitrogens with zero attached hydrogens (tertiary/aromatic N) is 2. The van der Waals surface area contributed by atoms with Crippen LogP contribution in [0.25, 0.3) is 0 Å². The van der Waals surface area contributed by atoms with Gasteiger partial charge in [-0.05, 0) is 13.1 Å². The summed E-state index contributed by atoms with van der Waals surface area (Å²) in [6.07, 6.45) is 1.80. The van der Waals surface area contributed by atoms with E-state index < -0.39 is 0 Å². The zero-order chi connectivity index (χ0) is 10.3. The number of carbonyl (C=O) groups is 2. The molecule has 0 aromatic heterocycles. The Morgan fingerprint density at radius 2 is 2.36 bits per heavy atom. The third-order valence-electron chi connectivity index (χ3n) is 2.62. The number of Topliss-reactive ketones (excluding diaryl/α,β-unsaturated/α-hetero) is 1. The summed E-state index contributed by atoms with van der Waals surface area (Å²) < 4.78 is 0. The minimum absolute atomic E-state index is 0.0357. The van der Waals surface area contributed by atoms with Gasteiger partial charge in [-0.2, -0.15) is 0 Å². The average Bonchev–Trinajstić information content (AvgIpc) is 2.66. The lowest BCUT2D eigenvalue weighted by atomic mass is 10.2. The maximum Gasteiger partial charge on any atom is 0.260 e. The van der Waals surface area contributed by atoms with Crippen molar-refractivity contribution in [2.45, 2.75) is 13.0 Å². The van der Waals surface area contributed by atoms with Crippen molar-refractivity contribution in [1.29, 1.82) is 0 Å². The molecule has 5 heteroatoms. The number of carbonyl (C=O) groups excluding carboxylic acids is 2. The molecule has 1 N–H and O–H groups in total. The highest BCUT2D eigenvalue weighted by molar-refractivity contribution is 5.99. The highest BCUT2D eigenvalue weighted by atomic mass is 16.2. The van der Waals surface area contributed by atoms with Crippen LogP contribution in [0.4, 0.5) is 0 Å². The number of hydrogen-bond acceptors (Lipinski definition) is 4. The normalized spacial score (nSPS) is 26.7. The zero-order valence-electron chi connectivity index (χ0n) is 8.28. The van der Waals surface area contributed by atoms with Crippen LogP contribution in [0.2, 0.25) is 0 Å². The van der Waals surface area contributed by atoms with Crippen molar-refractivity contribution in [3.05, 3.63) is 11.8 Å². The molecule has 14 heavy (non-hydrogen) atoms. The summed E-state index contributed by atoms with van der Waals surface area (Å²) >= 11 is 0. The maximum absolute atomic E-state index is 11.8. The molecule has 2 heterocycles. The van der Waals surface area contributed by atoms with Crippen LogP contribution in [0.1, 0.15) is 6.92 Å². The average molecular weight is 195 g/mol. The van der Waals surface area contributed by atoms with Crippen molar-refractivity contribution in [2.75, 3.05) is 20.1 Å². The molecular weight excluding hydrogens is 182 g/mol. The van der Waals surface area contributed by atoms with Gasteiger partial charge in [0.25, 0.3) is 5.91 Å². The number of fused-ring (bicyclic) bond motifs is 1. The van der Waals surface area contributed by atoms with E-state index in [4.69, 9.17) is 0 Å². The predicted molar refractivity (Wildman–Crippen MR) is 50.0 cm³/mol. The summed E-state index contributed by atoms with van der Waals surface area (Å²) in [6.45, 7) is 2.77. The van der Waals surface area contributed by atoms with Gasteiger partial charge in [0.1, 0.15) is 11.7 Å². The smallest absolute Gasteiger partial charge is 0.260 e. The first-order valence-electron chi connectivity index (χ1n) is 4.62. The first-order chi connectivity index (χ1) is 6.65. The number of nitrogens with one attached hydrogen (secondary N) is 1. The number of allylic oxidation sites excluding steroid dienone is 1. The number of rotatable bonds is 2. The van der Waals surface area contributed by atoms with Crippen molar-refractivity contribution < 1.29 is 9.59 Å². The second-order valence-electron chi connectivity index (χ2n) is 3.51. The maximum atomic E-state index is 11.8. The second kappa shape index (κ2) is 3.18. The molecule has 0 saturated carbocycles. The van der Waals surface area contributed by atoms with E-state index >= 15 is 0 Å². The van der Waals surface area contributed by atoms with Gasteiger partial charge in [-0.1, -0.05) is 0 Å². The Balaban J connectivity index is 2.23. The molecule has 2 rings (SSSR count). The van der Waals surface area contributed by atoms with Gasteiger partial charge in [0, 0.05) is 20.0 Å². The van der Waals surface area contributed by atoms with Crippen LogP contribution in [0.3, 0.4) is 0 Å². The third kappa shape index (κ3) is 1.17. The van der Waals surface area contributed by atoms with Crippen molar-refractivity contribution >= 4 is 11.7 Å². The van der Waals surface area contributed by atoms with E-state index in [1.54, 1.807) is 13.1 Å². The van der Waals surface area contributed by atoms with Crippen LogP contribution in [-0.4, -0.2) is 47.9 Å². The Morgan fingerprint density at radius 3 is 2.93 bits per heavy atom. The molecule has 76 valence electrons. The fourth-order valence-electron chi connectivity index (χ4n) is 1.87. The fourth-order valence-corrected chi connectivity index (χ4v) is 1.87. The van der Waals surface area contributed by atoms with Crippen LogP contribution < -0.4 is 5.32 Å². The molecule has 0 aromatic carbocycles. The number of likely N-dealkylation sites (N-methyl/N-ethyl adjacent to an activating group) is 1. The molecule has 0 radical (unpaired) electrons. The molecule has 1 atom stereocenters. The van der Waals surface area contributed by atoms with Gasteiger partial charge in [-0.15, -0.1) is 0 Å². The summed E-state index contributed by atoms with van der Waals surface area (Å²) in [5, 5.41) is 6.30. The van der Waals surface area contributed by atoms with Crippen molar-refractivity contribution in [3.63, 3.8) is 0 Å². The fraction of sp³-hybridized carbons (Fsp3) is 0.556. The minimum Gasteiger partial charge on any atom is -0.308 e. The van der Waals surface area contributed by atoms with Gasteiger partial charge in [0.15, 0.2) is 5.78 Å². The molecule has 0 bridgehead atoms. The van der Waals surface area contributed by atoms with Gasteiger partial charge in [0.05, 0.1) is 0 Å². The number of hydrogen-bond donors (Lipinski definition) is 1. The van der Waals surface area contributed by atoms with E-state index in [9.17, 15) is 9.59 Å². The van der Waals surface area contributed by atoms with Crippen molar-refractivity contribution in [3.8, 4) is 0 Å². The first kappa shape index (κ1) is 9.36. The van der Waals surface area contributed by atoms with Crippen LogP contribution >= 0.6 is 0 Å². The van der Waals surface area contributed by atoms with Crippen molar-refractivity contribution in [1.82, 2.24) is 15.3 Å². The van der Waals surface area contributed by atoms with Gasteiger partial charge < -0.3 is 5.32 Å². The SMILES string of the molecule is CNC1CN2CC=C(C(C)=O)N2C1=O. The second-order valence-corrected chi connectivity index (χ2v) is 3.51. The van der Waals surface area contributed by atoms with E-state index in [2.05, 4.69) is 5.32 Å². The molecule has 1 unspecified atom stereocenters. The molecule has 2 aliphatic heterocycles. The topological polar surface area (TPSA) is 52.7 Å². The lowest BCUT2D eigenvalue weighted by Crippen LogP contribution is -2.38. The molecule has 2 aliphatic rings. The van der Waals surface area contributed by atoms with E-state index in [1.807, 2.05) is 5.01 Å². The van der Waals surface area contributed by atoms with Gasteiger partial charge in [0.2, 0.25) is 0 Å². The lowest BCUT2D eigenvalue weighted by Gasteiger charge is -2.20. The number of amides is 1. The molecular formula is C9H13N3O2. The summed E-state index contributed by atoms with van der Waals surface area (Å²) in [6, 6.07) is -0.182. The van der Waals surface area contributed by atoms with E-state index in [1.165, 1.54) is 11.9 Å². The Kier molecular flexibility index (Phi) is 2.13. The van der Waals surface area contributed by atoms with Gasteiger partial charge in [-0.25, -0.2) is 10.0 Å². The molecule has 0 spiro atoms. The zero-order valence-corrected chi connectivity index (χ0v) is 8.28. The Bertz CT molecular complexity index is 324. The number of hydrazine groups is 1. The monoisotopic (exact) mass is 195 g/mol. The first-order valence-corrected chi connectivity index (χ1v) is 4.62. The largest absolute Gasteiger partial charge is 0.308 e. The Labute approximate surface area is 82.3 Å². The molecule has 1 saturated heterocycles. The summed E-state index contributed by atoms with van der Waals surface area (Å²) in [5.74, 6) is -0.0935. The quantitative estimate of drug-likeness (QED) is 0.621. The van der Waals surface area contributed by atoms with Crippen LogP contribution in [0.5, 0.6) is 0 Å². The molecule has 0 aromatic rings. The Hall–Kier alpha value is -1.20. The third-order valence-corrected chi connectivity index (χ3v) is 2.62. The number of ketones is 1. The standard InChI is InChI=1S/C9H13N3O2/c1-6(13)8-3-4-11-5-7(10-2)9(14)12(8)11/h3,7,10H,4-5H2,1-2H3. The van der Waals surface area contributed by atoms with Crippen LogP contribution in [0.15, 0.2) is 11.8 Å². The minimum atomic E-state index is -0.182. The molecule has 1 amide bonds. The summed E-state index contributed by atoms with van der Waals surface area (Å²) in [4.78, 5) is 23.0.